The van der Waals surface area contributed by atoms with Gasteiger partial charge in [-0.1, -0.05) is 0 Å². The van der Waals surface area contributed by atoms with Crippen LogP contribution in [0, 0.1) is 5.41 Å². The summed E-state index contributed by atoms with van der Waals surface area (Å²) in [5.74, 6) is 0. The van der Waals surface area contributed by atoms with Crippen LogP contribution in [-0.2, 0) is 18.3 Å². The lowest BCUT2D eigenvalue weighted by Gasteiger charge is -2.43. The Balaban J connectivity index is 1.56. The van der Waals surface area contributed by atoms with E-state index in [1.165, 1.54) is 0 Å². The van der Waals surface area contributed by atoms with Crippen LogP contribution < -0.4 is 0 Å². The maximum atomic E-state index is 13.9. The van der Waals surface area contributed by atoms with Gasteiger partial charge in [-0.25, -0.2) is 4.39 Å². The molecule has 2 fully saturated rings. The molecule has 6 nitrogen and oxygen atoms in total. The Hall–Kier alpha value is -1.02. The first-order valence-electron chi connectivity index (χ1n) is 8.22. The first-order chi connectivity index (χ1) is 11.0. The minimum absolute atomic E-state index is 0.128. The second-order valence-corrected chi connectivity index (χ2v) is 7.29. The monoisotopic (exact) mass is 326 g/mol. The number of alkyl halides is 1. The quantitative estimate of drug-likeness (QED) is 0.780. The van der Waals surface area contributed by atoms with Gasteiger partial charge in [0.15, 0.2) is 0 Å². The van der Waals surface area contributed by atoms with Crippen LogP contribution in [0.25, 0.3) is 0 Å². The van der Waals surface area contributed by atoms with Gasteiger partial charge in [0.2, 0.25) is 0 Å². The highest BCUT2D eigenvalue weighted by atomic mass is 19.1. The van der Waals surface area contributed by atoms with Crippen LogP contribution in [0.5, 0.6) is 0 Å². The Morgan fingerprint density at radius 2 is 2.30 bits per heavy atom. The zero-order valence-electron chi connectivity index (χ0n) is 14.0. The molecule has 0 aliphatic carbocycles. The molecule has 2 aliphatic heterocycles. The van der Waals surface area contributed by atoms with Crippen LogP contribution in [-0.4, -0.2) is 83.4 Å². The van der Waals surface area contributed by atoms with Crippen molar-refractivity contribution >= 4 is 0 Å². The second-order valence-electron chi connectivity index (χ2n) is 7.29. The normalized spacial score (nSPS) is 27.5. The van der Waals surface area contributed by atoms with E-state index in [-0.39, 0.29) is 18.1 Å². The molecule has 1 aromatic rings. The smallest absolute Gasteiger partial charge is 0.114 e. The topological polar surface area (TPSA) is 53.8 Å². The SMILES string of the molecule is CN(C[C@@H]1C[C@H](F)CN1Cc1cnn(C)c1)CC1(CO)COC1. The molecule has 2 saturated heterocycles. The molecule has 0 bridgehead atoms. The summed E-state index contributed by atoms with van der Waals surface area (Å²) in [4.78, 5) is 4.42. The maximum absolute atomic E-state index is 13.9. The van der Waals surface area contributed by atoms with Gasteiger partial charge in [0.25, 0.3) is 0 Å². The summed E-state index contributed by atoms with van der Waals surface area (Å²) in [6, 6.07) is 0.201. The Kier molecular flexibility index (Phi) is 5.01. The van der Waals surface area contributed by atoms with E-state index in [1.807, 2.05) is 26.5 Å². The fraction of sp³-hybridized carbons (Fsp3) is 0.812. The number of likely N-dealkylation sites (tertiary alicyclic amines) is 1. The van der Waals surface area contributed by atoms with E-state index in [0.29, 0.717) is 26.2 Å². The predicted octanol–water partition coefficient (Wildman–Crippen LogP) is 0.273. The number of aliphatic hydroxyl groups is 1. The average Bonchev–Trinajstić information content (AvgIpc) is 3.01. The molecular formula is C16H27FN4O2. The van der Waals surface area contributed by atoms with Crippen LogP contribution in [0.4, 0.5) is 4.39 Å². The molecule has 2 atom stereocenters. The van der Waals surface area contributed by atoms with Crippen molar-refractivity contribution in [2.45, 2.75) is 25.2 Å². The van der Waals surface area contributed by atoms with E-state index in [0.717, 1.165) is 25.2 Å². The summed E-state index contributed by atoms with van der Waals surface area (Å²) >= 11 is 0. The molecule has 0 spiro atoms. The first kappa shape index (κ1) is 16.8. The van der Waals surface area contributed by atoms with E-state index < -0.39 is 6.17 Å². The third-order valence-corrected chi connectivity index (χ3v) is 4.90. The van der Waals surface area contributed by atoms with Crippen LogP contribution >= 0.6 is 0 Å². The molecule has 0 amide bonds. The zero-order chi connectivity index (χ0) is 16.4. The number of aliphatic hydroxyl groups excluding tert-OH is 1. The van der Waals surface area contributed by atoms with E-state index in [2.05, 4.69) is 14.9 Å². The highest BCUT2D eigenvalue weighted by Gasteiger charge is 2.40. The standard InChI is InChI=1S/C16H27FN4O2/c1-19(9-16(10-22)11-23-12-16)8-15-3-14(17)7-21(15)6-13-4-18-20(2)5-13/h4-5,14-15,22H,3,6-12H2,1-2H3/t14-,15-/m0/s1. The van der Waals surface area contributed by atoms with Crippen molar-refractivity contribution in [2.24, 2.45) is 12.5 Å². The summed E-state index contributed by atoms with van der Waals surface area (Å²) < 4.78 is 21.0. The van der Waals surface area contributed by atoms with Gasteiger partial charge in [0.05, 0.1) is 31.4 Å². The predicted molar refractivity (Wildman–Crippen MR) is 84.8 cm³/mol. The van der Waals surface area contributed by atoms with Crippen molar-refractivity contribution in [1.29, 1.82) is 0 Å². The molecule has 3 heterocycles. The maximum Gasteiger partial charge on any atom is 0.114 e. The van der Waals surface area contributed by atoms with Gasteiger partial charge in [0.1, 0.15) is 6.17 Å². The number of hydrogen-bond donors (Lipinski definition) is 1. The van der Waals surface area contributed by atoms with Crippen molar-refractivity contribution in [2.75, 3.05) is 46.5 Å². The van der Waals surface area contributed by atoms with E-state index in [4.69, 9.17) is 4.74 Å². The first-order valence-corrected chi connectivity index (χ1v) is 8.22. The number of likely N-dealkylation sites (N-methyl/N-ethyl adjacent to an activating group) is 1. The number of hydrogen-bond acceptors (Lipinski definition) is 5. The molecule has 3 rings (SSSR count). The lowest BCUT2D eigenvalue weighted by Crippen LogP contribution is -2.54. The third kappa shape index (κ3) is 3.91. The molecule has 0 aromatic carbocycles. The number of ether oxygens (including phenoxy) is 1. The lowest BCUT2D eigenvalue weighted by atomic mass is 9.86. The van der Waals surface area contributed by atoms with Gasteiger partial charge in [0, 0.05) is 51.0 Å². The van der Waals surface area contributed by atoms with Crippen LogP contribution in [0.15, 0.2) is 12.4 Å². The molecule has 23 heavy (non-hydrogen) atoms. The van der Waals surface area contributed by atoms with E-state index in [1.54, 1.807) is 4.68 Å². The zero-order valence-corrected chi connectivity index (χ0v) is 14.0. The summed E-state index contributed by atoms with van der Waals surface area (Å²) in [7, 11) is 3.94. The number of halogens is 1. The summed E-state index contributed by atoms with van der Waals surface area (Å²) in [5, 5.41) is 13.7. The molecule has 0 radical (unpaired) electrons. The minimum atomic E-state index is -0.760. The summed E-state index contributed by atoms with van der Waals surface area (Å²) in [6.45, 7) is 4.20. The Morgan fingerprint density at radius 3 is 2.87 bits per heavy atom. The van der Waals surface area contributed by atoms with Crippen molar-refractivity contribution in [3.63, 3.8) is 0 Å². The number of rotatable bonds is 7. The molecule has 1 N–H and O–H groups in total. The fourth-order valence-electron chi connectivity index (χ4n) is 3.71. The molecule has 0 saturated carbocycles. The van der Waals surface area contributed by atoms with Gasteiger partial charge in [-0.15, -0.1) is 0 Å². The molecule has 1 aromatic heterocycles. The second kappa shape index (κ2) is 6.84. The number of aromatic nitrogens is 2. The van der Waals surface area contributed by atoms with Crippen LogP contribution in [0.1, 0.15) is 12.0 Å². The Labute approximate surface area is 136 Å². The molecule has 7 heteroatoms. The van der Waals surface area contributed by atoms with Gasteiger partial charge < -0.3 is 14.7 Å². The van der Waals surface area contributed by atoms with E-state index >= 15 is 0 Å². The number of aryl methyl sites for hydroxylation is 1. The third-order valence-electron chi connectivity index (χ3n) is 4.90. The van der Waals surface area contributed by atoms with Gasteiger partial charge in [-0.3, -0.25) is 9.58 Å². The molecule has 2 aliphatic rings. The van der Waals surface area contributed by atoms with E-state index in [9.17, 15) is 9.50 Å². The van der Waals surface area contributed by atoms with Gasteiger partial charge >= 0.3 is 0 Å². The summed E-state index contributed by atoms with van der Waals surface area (Å²) in [5.41, 5.74) is 0.991. The number of nitrogens with zero attached hydrogens (tertiary/aromatic N) is 4. The Morgan fingerprint density at radius 1 is 1.52 bits per heavy atom. The van der Waals surface area contributed by atoms with Crippen molar-refractivity contribution in [3.05, 3.63) is 18.0 Å². The van der Waals surface area contributed by atoms with Crippen molar-refractivity contribution in [3.8, 4) is 0 Å². The van der Waals surface area contributed by atoms with Crippen LogP contribution in [0.2, 0.25) is 0 Å². The fourth-order valence-corrected chi connectivity index (χ4v) is 3.71. The largest absolute Gasteiger partial charge is 0.396 e. The van der Waals surface area contributed by atoms with Crippen LogP contribution in [0.3, 0.4) is 0 Å². The van der Waals surface area contributed by atoms with Crippen molar-refractivity contribution < 1.29 is 14.2 Å². The highest BCUT2D eigenvalue weighted by Crippen LogP contribution is 2.29. The lowest BCUT2D eigenvalue weighted by molar-refractivity contribution is -0.147. The molecular weight excluding hydrogens is 299 g/mol. The van der Waals surface area contributed by atoms with Gasteiger partial charge in [-0.2, -0.15) is 5.10 Å². The Bertz CT molecular complexity index is 514. The minimum Gasteiger partial charge on any atom is -0.396 e. The molecule has 130 valence electrons. The average molecular weight is 326 g/mol. The van der Waals surface area contributed by atoms with Gasteiger partial charge in [-0.05, 0) is 13.5 Å². The highest BCUT2D eigenvalue weighted by molar-refractivity contribution is 5.05. The van der Waals surface area contributed by atoms with Crippen molar-refractivity contribution in [1.82, 2.24) is 19.6 Å². The summed E-state index contributed by atoms with van der Waals surface area (Å²) in [6.07, 6.45) is 3.65. The molecule has 0 unspecified atom stereocenters.